The Bertz CT molecular complexity index is 680. The summed E-state index contributed by atoms with van der Waals surface area (Å²) < 4.78 is 5.13. The molecule has 0 fully saturated rings. The number of aliphatic carboxylic acids is 2. The van der Waals surface area contributed by atoms with Crippen LogP contribution in [0.5, 0.6) is 5.75 Å². The monoisotopic (exact) mass is 300 g/mol. The summed E-state index contributed by atoms with van der Waals surface area (Å²) in [5, 5.41) is 19.1. The number of benzene rings is 2. The highest BCUT2D eigenvalue weighted by Crippen LogP contribution is 2.37. The van der Waals surface area contributed by atoms with Crippen LogP contribution in [0.3, 0.4) is 0 Å². The molecule has 22 heavy (non-hydrogen) atoms. The summed E-state index contributed by atoms with van der Waals surface area (Å²) in [4.78, 5) is 23.4. The van der Waals surface area contributed by atoms with E-state index in [0.717, 1.165) is 0 Å². The molecule has 0 bridgehead atoms. The minimum atomic E-state index is -1.67. The molecule has 0 amide bonds. The van der Waals surface area contributed by atoms with Gasteiger partial charge in [0.15, 0.2) is 0 Å². The summed E-state index contributed by atoms with van der Waals surface area (Å²) in [5.74, 6) is -1.92. The molecule has 0 aliphatic heterocycles. The molecule has 0 spiro atoms. The molecule has 2 rings (SSSR count). The maximum atomic E-state index is 12.1. The van der Waals surface area contributed by atoms with Crippen molar-refractivity contribution in [2.45, 2.75) is 11.8 Å². The first-order valence-corrected chi connectivity index (χ1v) is 6.66. The van der Waals surface area contributed by atoms with Crippen LogP contribution < -0.4 is 4.74 Å². The predicted molar refractivity (Wildman–Crippen MR) is 80.1 cm³/mol. The van der Waals surface area contributed by atoms with Gasteiger partial charge in [0.25, 0.3) is 0 Å². The maximum absolute atomic E-state index is 12.1. The van der Waals surface area contributed by atoms with E-state index < -0.39 is 23.8 Å². The number of methoxy groups -OCH3 is 1. The molecule has 1 atom stereocenters. The average molecular weight is 300 g/mol. The van der Waals surface area contributed by atoms with Gasteiger partial charge in [0, 0.05) is 0 Å². The van der Waals surface area contributed by atoms with Crippen LogP contribution in [0.1, 0.15) is 17.5 Å². The quantitative estimate of drug-likeness (QED) is 0.856. The summed E-state index contributed by atoms with van der Waals surface area (Å²) in [5.41, 5.74) is -0.882. The zero-order chi connectivity index (χ0) is 16.2. The number of carboxylic acid groups (broad SMARTS) is 2. The molecule has 0 saturated carbocycles. The Labute approximate surface area is 127 Å². The van der Waals surface area contributed by atoms with Gasteiger partial charge in [-0.25, -0.2) is 0 Å². The van der Waals surface area contributed by atoms with Crippen LogP contribution in [0.15, 0.2) is 54.6 Å². The van der Waals surface area contributed by atoms with E-state index in [0.29, 0.717) is 16.9 Å². The molecule has 0 heterocycles. The molecule has 2 aromatic rings. The Morgan fingerprint density at radius 3 is 2.18 bits per heavy atom. The first kappa shape index (κ1) is 15.6. The molecule has 0 aromatic heterocycles. The van der Waals surface area contributed by atoms with Crippen molar-refractivity contribution < 1.29 is 24.5 Å². The van der Waals surface area contributed by atoms with Crippen LogP contribution >= 0.6 is 0 Å². The third-order valence-electron chi connectivity index (χ3n) is 3.61. The summed E-state index contributed by atoms with van der Waals surface area (Å²) in [6.45, 7) is 0. The number of ether oxygens (including phenoxy) is 1. The van der Waals surface area contributed by atoms with E-state index in [9.17, 15) is 19.8 Å². The van der Waals surface area contributed by atoms with Gasteiger partial charge in [-0.1, -0.05) is 42.5 Å². The van der Waals surface area contributed by atoms with Gasteiger partial charge < -0.3 is 14.9 Å². The first-order chi connectivity index (χ1) is 10.5. The van der Waals surface area contributed by atoms with Crippen molar-refractivity contribution in [1.82, 2.24) is 0 Å². The smallest absolute Gasteiger partial charge is 0.319 e. The topological polar surface area (TPSA) is 83.8 Å². The lowest BCUT2D eigenvalue weighted by molar-refractivity contribution is -0.148. The fourth-order valence-electron chi connectivity index (χ4n) is 2.53. The van der Waals surface area contributed by atoms with Crippen LogP contribution in [-0.4, -0.2) is 29.3 Å². The van der Waals surface area contributed by atoms with E-state index in [2.05, 4.69) is 0 Å². The highest BCUT2D eigenvalue weighted by molar-refractivity contribution is 5.91. The zero-order valence-corrected chi connectivity index (χ0v) is 12.0. The molecule has 0 radical (unpaired) electrons. The molecule has 0 saturated heterocycles. The number of hydrogen-bond acceptors (Lipinski definition) is 3. The van der Waals surface area contributed by atoms with E-state index in [1.165, 1.54) is 7.11 Å². The van der Waals surface area contributed by atoms with Crippen molar-refractivity contribution in [1.29, 1.82) is 0 Å². The Morgan fingerprint density at radius 1 is 1.00 bits per heavy atom. The number of carboxylic acids is 2. The van der Waals surface area contributed by atoms with E-state index in [-0.39, 0.29) is 0 Å². The second-order valence-corrected chi connectivity index (χ2v) is 4.88. The number of carbonyl (C=O) groups is 2. The van der Waals surface area contributed by atoms with Crippen molar-refractivity contribution in [3.8, 4) is 5.75 Å². The van der Waals surface area contributed by atoms with E-state index >= 15 is 0 Å². The Hall–Kier alpha value is -2.82. The van der Waals surface area contributed by atoms with E-state index in [4.69, 9.17) is 4.74 Å². The third-order valence-corrected chi connectivity index (χ3v) is 3.61. The molecule has 114 valence electrons. The lowest BCUT2D eigenvalue weighted by Gasteiger charge is -2.29. The van der Waals surface area contributed by atoms with Crippen molar-refractivity contribution in [2.24, 2.45) is 0 Å². The van der Waals surface area contributed by atoms with Gasteiger partial charge in [0.05, 0.1) is 13.5 Å². The first-order valence-electron chi connectivity index (χ1n) is 6.66. The molecule has 5 nitrogen and oxygen atoms in total. The van der Waals surface area contributed by atoms with Gasteiger partial charge in [-0.2, -0.15) is 0 Å². The standard InChI is InChI=1S/C17H16O5/c1-22-14-9-5-8-13(10-14)17(16(20)21,11-15(18)19)12-6-3-2-4-7-12/h2-10H,11H2,1H3,(H,18,19)(H,20,21). The van der Waals surface area contributed by atoms with Gasteiger partial charge >= 0.3 is 11.9 Å². The van der Waals surface area contributed by atoms with Gasteiger partial charge in [-0.05, 0) is 23.3 Å². The highest BCUT2D eigenvalue weighted by Gasteiger charge is 2.44. The second kappa shape index (κ2) is 6.30. The Kier molecular flexibility index (Phi) is 4.46. The normalized spacial score (nSPS) is 13.1. The molecular formula is C17H16O5. The highest BCUT2D eigenvalue weighted by atomic mass is 16.5. The fraction of sp³-hybridized carbons (Fsp3) is 0.176. The molecule has 0 aliphatic carbocycles. The molecular weight excluding hydrogens is 284 g/mol. The largest absolute Gasteiger partial charge is 0.497 e. The molecule has 1 unspecified atom stereocenters. The summed E-state index contributed by atoms with van der Waals surface area (Å²) >= 11 is 0. The van der Waals surface area contributed by atoms with Crippen molar-refractivity contribution in [3.05, 3.63) is 65.7 Å². The summed E-state index contributed by atoms with van der Waals surface area (Å²) in [6.07, 6.45) is -0.556. The van der Waals surface area contributed by atoms with Crippen LogP contribution in [0.25, 0.3) is 0 Å². The zero-order valence-electron chi connectivity index (χ0n) is 12.0. The van der Waals surface area contributed by atoms with Crippen LogP contribution in [0.4, 0.5) is 0 Å². The number of hydrogen-bond donors (Lipinski definition) is 2. The average Bonchev–Trinajstić information content (AvgIpc) is 2.53. The molecule has 2 N–H and O–H groups in total. The lowest BCUT2D eigenvalue weighted by atomic mass is 9.72. The minimum Gasteiger partial charge on any atom is -0.497 e. The van der Waals surface area contributed by atoms with E-state index in [1.54, 1.807) is 54.6 Å². The van der Waals surface area contributed by atoms with E-state index in [1.807, 2.05) is 0 Å². The molecule has 2 aromatic carbocycles. The Morgan fingerprint density at radius 2 is 1.64 bits per heavy atom. The fourth-order valence-corrected chi connectivity index (χ4v) is 2.53. The minimum absolute atomic E-state index is 0.368. The second-order valence-electron chi connectivity index (χ2n) is 4.88. The SMILES string of the molecule is COc1cccc(C(CC(=O)O)(C(=O)O)c2ccccc2)c1. The predicted octanol–water partition coefficient (Wildman–Crippen LogP) is 2.54. The van der Waals surface area contributed by atoms with Crippen LogP contribution in [-0.2, 0) is 15.0 Å². The molecule has 0 aliphatic rings. The van der Waals surface area contributed by atoms with Gasteiger partial charge in [0.2, 0.25) is 0 Å². The third kappa shape index (κ3) is 2.79. The van der Waals surface area contributed by atoms with Gasteiger partial charge in [-0.15, -0.1) is 0 Å². The van der Waals surface area contributed by atoms with Crippen molar-refractivity contribution >= 4 is 11.9 Å². The van der Waals surface area contributed by atoms with Gasteiger partial charge in [-0.3, -0.25) is 9.59 Å². The summed E-state index contributed by atoms with van der Waals surface area (Å²) in [7, 11) is 1.47. The Balaban J connectivity index is 2.72. The lowest BCUT2D eigenvalue weighted by Crippen LogP contribution is -2.39. The van der Waals surface area contributed by atoms with Crippen LogP contribution in [0, 0.1) is 0 Å². The van der Waals surface area contributed by atoms with Crippen molar-refractivity contribution in [2.75, 3.05) is 7.11 Å². The van der Waals surface area contributed by atoms with Gasteiger partial charge in [0.1, 0.15) is 11.2 Å². The molecule has 5 heteroatoms. The number of rotatable bonds is 6. The van der Waals surface area contributed by atoms with Crippen LogP contribution in [0.2, 0.25) is 0 Å². The summed E-state index contributed by atoms with van der Waals surface area (Å²) in [6, 6.07) is 14.9. The van der Waals surface area contributed by atoms with Crippen molar-refractivity contribution in [3.63, 3.8) is 0 Å². The maximum Gasteiger partial charge on any atom is 0.319 e.